The molecule has 1 aliphatic heterocycles. The molecule has 0 atom stereocenters. The van der Waals surface area contributed by atoms with Gasteiger partial charge in [0.1, 0.15) is 0 Å². The average molecular weight is 194 g/mol. The number of hydrogen-bond donors (Lipinski definition) is 1. The lowest BCUT2D eigenvalue weighted by Crippen LogP contribution is -2.44. The zero-order chi connectivity index (χ0) is 9.97. The van der Waals surface area contributed by atoms with Crippen LogP contribution in [0.15, 0.2) is 6.20 Å². The number of nitrogen functional groups attached to an aromatic ring is 1. The van der Waals surface area contributed by atoms with Crippen molar-refractivity contribution in [2.24, 2.45) is 0 Å². The lowest BCUT2D eigenvalue weighted by Gasteiger charge is -2.32. The van der Waals surface area contributed by atoms with Crippen molar-refractivity contribution in [2.75, 3.05) is 43.9 Å². The number of piperazine rings is 1. The first-order chi connectivity index (χ1) is 6.75. The highest BCUT2D eigenvalue weighted by Crippen LogP contribution is 2.11. The summed E-state index contributed by atoms with van der Waals surface area (Å²) in [6, 6.07) is 0. The standard InChI is InChI=1S/C8H14N6/c1-13-2-4-14(5-3-13)7-6-10-12-8(9)11-7/h6H,2-5H2,1H3,(H2,9,11,12). The molecule has 0 spiro atoms. The smallest absolute Gasteiger partial charge is 0.242 e. The lowest BCUT2D eigenvalue weighted by atomic mass is 10.3. The van der Waals surface area contributed by atoms with Gasteiger partial charge in [0.2, 0.25) is 5.95 Å². The van der Waals surface area contributed by atoms with Crippen LogP contribution in [0.5, 0.6) is 0 Å². The molecule has 2 heterocycles. The summed E-state index contributed by atoms with van der Waals surface area (Å²) >= 11 is 0. The predicted octanol–water partition coefficient (Wildman–Crippen LogP) is -0.794. The van der Waals surface area contributed by atoms with Gasteiger partial charge in [0.05, 0.1) is 6.20 Å². The summed E-state index contributed by atoms with van der Waals surface area (Å²) in [7, 11) is 2.12. The van der Waals surface area contributed by atoms with Crippen LogP contribution in [0.3, 0.4) is 0 Å². The van der Waals surface area contributed by atoms with E-state index < -0.39 is 0 Å². The predicted molar refractivity (Wildman–Crippen MR) is 53.9 cm³/mol. The Balaban J connectivity index is 2.08. The monoisotopic (exact) mass is 194 g/mol. The summed E-state index contributed by atoms with van der Waals surface area (Å²) in [6.45, 7) is 4.02. The summed E-state index contributed by atoms with van der Waals surface area (Å²) in [5.41, 5.74) is 5.47. The van der Waals surface area contributed by atoms with Gasteiger partial charge in [-0.05, 0) is 7.05 Å². The third kappa shape index (κ3) is 1.90. The Morgan fingerprint density at radius 3 is 2.64 bits per heavy atom. The Bertz CT molecular complexity index is 306. The molecule has 0 amide bonds. The molecular weight excluding hydrogens is 180 g/mol. The van der Waals surface area contributed by atoms with Crippen LogP contribution in [0.2, 0.25) is 0 Å². The van der Waals surface area contributed by atoms with E-state index in [2.05, 4.69) is 32.0 Å². The second-order valence-electron chi connectivity index (χ2n) is 3.46. The van der Waals surface area contributed by atoms with Crippen LogP contribution >= 0.6 is 0 Å². The third-order valence-electron chi connectivity index (χ3n) is 2.39. The summed E-state index contributed by atoms with van der Waals surface area (Å²) in [6.07, 6.45) is 1.65. The number of likely N-dealkylation sites (N-methyl/N-ethyl adjacent to an activating group) is 1. The second-order valence-corrected chi connectivity index (χ2v) is 3.46. The number of nitrogens with zero attached hydrogens (tertiary/aromatic N) is 5. The van der Waals surface area contributed by atoms with Gasteiger partial charge < -0.3 is 15.5 Å². The fraction of sp³-hybridized carbons (Fsp3) is 0.625. The second kappa shape index (κ2) is 3.75. The molecule has 6 heteroatoms. The van der Waals surface area contributed by atoms with Crippen LogP contribution < -0.4 is 10.6 Å². The van der Waals surface area contributed by atoms with Crippen molar-refractivity contribution in [1.82, 2.24) is 20.1 Å². The summed E-state index contributed by atoms with van der Waals surface area (Å²) in [4.78, 5) is 8.59. The largest absolute Gasteiger partial charge is 0.366 e. The van der Waals surface area contributed by atoms with E-state index >= 15 is 0 Å². The molecule has 1 aliphatic rings. The summed E-state index contributed by atoms with van der Waals surface area (Å²) in [5, 5.41) is 7.41. The zero-order valence-electron chi connectivity index (χ0n) is 8.22. The van der Waals surface area contributed by atoms with Crippen LogP contribution in [0.4, 0.5) is 11.8 Å². The van der Waals surface area contributed by atoms with Crippen LogP contribution in [0, 0.1) is 0 Å². The molecule has 1 aromatic heterocycles. The molecule has 1 aromatic rings. The molecule has 76 valence electrons. The summed E-state index contributed by atoms with van der Waals surface area (Å²) in [5.74, 6) is 1.06. The van der Waals surface area contributed by atoms with Gasteiger partial charge in [0.25, 0.3) is 0 Å². The highest BCUT2D eigenvalue weighted by atomic mass is 15.3. The van der Waals surface area contributed by atoms with Crippen LogP contribution in [0.1, 0.15) is 0 Å². The molecule has 14 heavy (non-hydrogen) atoms. The number of rotatable bonds is 1. The molecule has 0 unspecified atom stereocenters. The first-order valence-corrected chi connectivity index (χ1v) is 4.64. The normalized spacial score (nSPS) is 18.5. The molecule has 6 nitrogen and oxygen atoms in total. The van der Waals surface area contributed by atoms with E-state index in [-0.39, 0.29) is 5.95 Å². The first kappa shape index (κ1) is 9.14. The maximum Gasteiger partial charge on any atom is 0.242 e. The third-order valence-corrected chi connectivity index (χ3v) is 2.39. The maximum atomic E-state index is 5.47. The van der Waals surface area contributed by atoms with Crippen molar-refractivity contribution in [1.29, 1.82) is 0 Å². The molecule has 2 rings (SSSR count). The van der Waals surface area contributed by atoms with E-state index in [1.165, 1.54) is 0 Å². The van der Waals surface area contributed by atoms with Crippen molar-refractivity contribution in [3.63, 3.8) is 0 Å². The highest BCUT2D eigenvalue weighted by molar-refractivity contribution is 5.38. The maximum absolute atomic E-state index is 5.47. The molecule has 0 saturated carbocycles. The van der Waals surface area contributed by atoms with E-state index in [0.29, 0.717) is 0 Å². The van der Waals surface area contributed by atoms with Crippen LogP contribution in [-0.4, -0.2) is 53.3 Å². The Labute approximate surface area is 82.7 Å². The first-order valence-electron chi connectivity index (χ1n) is 4.64. The van der Waals surface area contributed by atoms with Crippen molar-refractivity contribution >= 4 is 11.8 Å². The van der Waals surface area contributed by atoms with E-state index in [1.54, 1.807) is 6.20 Å². The van der Waals surface area contributed by atoms with E-state index in [4.69, 9.17) is 5.73 Å². The van der Waals surface area contributed by atoms with Gasteiger partial charge in [-0.3, -0.25) is 0 Å². The number of nitrogens with two attached hydrogens (primary N) is 1. The van der Waals surface area contributed by atoms with Gasteiger partial charge >= 0.3 is 0 Å². The highest BCUT2D eigenvalue weighted by Gasteiger charge is 2.15. The van der Waals surface area contributed by atoms with Crippen molar-refractivity contribution in [2.45, 2.75) is 0 Å². The molecule has 0 aromatic carbocycles. The quantitative estimate of drug-likeness (QED) is 0.631. The van der Waals surface area contributed by atoms with E-state index in [1.807, 2.05) is 0 Å². The van der Waals surface area contributed by atoms with Gasteiger partial charge in [-0.15, -0.1) is 5.10 Å². The minimum Gasteiger partial charge on any atom is -0.366 e. The Morgan fingerprint density at radius 2 is 2.00 bits per heavy atom. The van der Waals surface area contributed by atoms with E-state index in [9.17, 15) is 0 Å². The van der Waals surface area contributed by atoms with Crippen LogP contribution in [-0.2, 0) is 0 Å². The van der Waals surface area contributed by atoms with Gasteiger partial charge in [0.15, 0.2) is 5.82 Å². The zero-order valence-corrected chi connectivity index (χ0v) is 8.22. The number of hydrogen-bond acceptors (Lipinski definition) is 6. The summed E-state index contributed by atoms with van der Waals surface area (Å²) < 4.78 is 0. The Hall–Kier alpha value is -1.43. The fourth-order valence-corrected chi connectivity index (χ4v) is 1.50. The van der Waals surface area contributed by atoms with Gasteiger partial charge in [0, 0.05) is 26.2 Å². The topological polar surface area (TPSA) is 71.2 Å². The average Bonchev–Trinajstić information content (AvgIpc) is 2.19. The Kier molecular flexibility index (Phi) is 2.45. The molecule has 0 bridgehead atoms. The molecule has 0 aliphatic carbocycles. The molecule has 0 radical (unpaired) electrons. The van der Waals surface area contributed by atoms with Gasteiger partial charge in [-0.1, -0.05) is 0 Å². The Morgan fingerprint density at radius 1 is 1.29 bits per heavy atom. The SMILES string of the molecule is CN1CCN(c2cnnc(N)n2)CC1. The fourth-order valence-electron chi connectivity index (χ4n) is 1.50. The van der Waals surface area contributed by atoms with Crippen molar-refractivity contribution in [3.8, 4) is 0 Å². The molecular formula is C8H14N6. The minimum absolute atomic E-state index is 0.237. The number of anilines is 2. The van der Waals surface area contributed by atoms with E-state index in [0.717, 1.165) is 32.0 Å². The minimum atomic E-state index is 0.237. The van der Waals surface area contributed by atoms with Gasteiger partial charge in [-0.25, -0.2) is 0 Å². The van der Waals surface area contributed by atoms with Crippen molar-refractivity contribution < 1.29 is 0 Å². The number of aromatic nitrogens is 3. The van der Waals surface area contributed by atoms with Gasteiger partial charge in [-0.2, -0.15) is 10.1 Å². The van der Waals surface area contributed by atoms with Crippen molar-refractivity contribution in [3.05, 3.63) is 6.20 Å². The molecule has 1 saturated heterocycles. The molecule has 2 N–H and O–H groups in total. The molecule has 1 fully saturated rings. The lowest BCUT2D eigenvalue weighted by molar-refractivity contribution is 0.312. The van der Waals surface area contributed by atoms with Crippen LogP contribution in [0.25, 0.3) is 0 Å².